The predicted octanol–water partition coefficient (Wildman–Crippen LogP) is -0.124. The summed E-state index contributed by atoms with van der Waals surface area (Å²) in [5.74, 6) is 1.01. The van der Waals surface area contributed by atoms with E-state index in [4.69, 9.17) is 0 Å². The minimum Gasteiger partial charge on any atom is -0.314 e. The van der Waals surface area contributed by atoms with Gasteiger partial charge in [0.05, 0.1) is 6.26 Å². The van der Waals surface area contributed by atoms with Crippen LogP contribution < -0.4 is 5.32 Å². The molecule has 3 atom stereocenters. The van der Waals surface area contributed by atoms with Crippen LogP contribution in [-0.4, -0.2) is 44.7 Å². The number of fused-ring (bicyclic) bond motifs is 2. The Bertz CT molecular complexity index is 315. The predicted molar refractivity (Wildman–Crippen MR) is 55.5 cm³/mol. The van der Waals surface area contributed by atoms with Crippen molar-refractivity contribution in [2.24, 2.45) is 11.8 Å². The van der Waals surface area contributed by atoms with Gasteiger partial charge in [0, 0.05) is 19.1 Å². The minimum absolute atomic E-state index is 0.454. The molecule has 0 amide bonds. The number of sulfonamides is 1. The molecule has 0 aromatic carbocycles. The molecule has 5 heteroatoms. The average Bonchev–Trinajstić information content (AvgIpc) is 2.10. The zero-order valence-corrected chi connectivity index (χ0v) is 9.55. The Morgan fingerprint density at radius 1 is 1.36 bits per heavy atom. The normalized spacial score (nSPS) is 39.7. The molecule has 2 rings (SSSR count). The van der Waals surface area contributed by atoms with E-state index in [2.05, 4.69) is 12.2 Å². The maximum absolute atomic E-state index is 11.4. The Morgan fingerprint density at radius 2 is 2.07 bits per heavy atom. The molecule has 2 aliphatic heterocycles. The SMILES string of the molecule is C[C@@H]1NC[C@H]2C[C@@H]1CN(S(C)(=O)=O)C2. The van der Waals surface area contributed by atoms with E-state index in [1.807, 2.05) is 0 Å². The van der Waals surface area contributed by atoms with Crippen LogP contribution in [0, 0.1) is 11.8 Å². The summed E-state index contributed by atoms with van der Waals surface area (Å²) >= 11 is 0. The fourth-order valence-electron chi connectivity index (χ4n) is 2.50. The number of nitrogens with zero attached hydrogens (tertiary/aromatic N) is 1. The first-order valence-corrected chi connectivity index (χ1v) is 7.00. The Hall–Kier alpha value is -0.130. The highest BCUT2D eigenvalue weighted by Crippen LogP contribution is 2.29. The first-order valence-electron chi connectivity index (χ1n) is 5.15. The van der Waals surface area contributed by atoms with Crippen LogP contribution in [0.3, 0.4) is 0 Å². The lowest BCUT2D eigenvalue weighted by Crippen LogP contribution is -2.56. The van der Waals surface area contributed by atoms with Crippen molar-refractivity contribution in [1.82, 2.24) is 9.62 Å². The van der Waals surface area contributed by atoms with Crippen molar-refractivity contribution in [3.05, 3.63) is 0 Å². The number of hydrogen-bond donors (Lipinski definition) is 1. The molecule has 2 heterocycles. The molecule has 0 aliphatic carbocycles. The molecule has 2 fully saturated rings. The molecule has 14 heavy (non-hydrogen) atoms. The van der Waals surface area contributed by atoms with Crippen LogP contribution in [-0.2, 0) is 10.0 Å². The van der Waals surface area contributed by atoms with Crippen molar-refractivity contribution in [3.8, 4) is 0 Å². The third-order valence-corrected chi connectivity index (χ3v) is 4.68. The highest BCUT2D eigenvalue weighted by molar-refractivity contribution is 7.88. The molecule has 0 saturated carbocycles. The lowest BCUT2D eigenvalue weighted by molar-refractivity contribution is 0.125. The Labute approximate surface area is 85.7 Å². The zero-order chi connectivity index (χ0) is 10.3. The van der Waals surface area contributed by atoms with Crippen LogP contribution in [0.4, 0.5) is 0 Å². The standard InChI is InChI=1S/C9H18N2O2S/c1-7-9-3-8(4-10-7)5-11(6-9)14(2,12)13/h7-10H,3-6H2,1-2H3/t7-,8+,9+/m0/s1. The maximum atomic E-state index is 11.4. The van der Waals surface area contributed by atoms with Gasteiger partial charge in [-0.25, -0.2) is 12.7 Å². The van der Waals surface area contributed by atoms with Gasteiger partial charge in [-0.2, -0.15) is 0 Å². The van der Waals surface area contributed by atoms with Crippen LogP contribution in [0.5, 0.6) is 0 Å². The fourth-order valence-corrected chi connectivity index (χ4v) is 3.45. The summed E-state index contributed by atoms with van der Waals surface area (Å²) in [5, 5.41) is 3.43. The lowest BCUT2D eigenvalue weighted by Gasteiger charge is -2.43. The minimum atomic E-state index is -2.99. The van der Waals surface area contributed by atoms with E-state index >= 15 is 0 Å². The molecule has 2 aliphatic rings. The fraction of sp³-hybridized carbons (Fsp3) is 1.00. The van der Waals surface area contributed by atoms with E-state index in [1.54, 1.807) is 4.31 Å². The number of piperidine rings is 2. The number of nitrogens with one attached hydrogen (secondary N) is 1. The third kappa shape index (κ3) is 1.94. The zero-order valence-electron chi connectivity index (χ0n) is 8.73. The molecule has 0 spiro atoms. The van der Waals surface area contributed by atoms with E-state index in [0.717, 1.165) is 6.54 Å². The summed E-state index contributed by atoms with van der Waals surface area (Å²) in [5.41, 5.74) is 0. The highest BCUT2D eigenvalue weighted by Gasteiger charge is 2.37. The van der Waals surface area contributed by atoms with Crippen molar-refractivity contribution >= 4 is 10.0 Å². The van der Waals surface area contributed by atoms with Gasteiger partial charge in [-0.3, -0.25) is 0 Å². The van der Waals surface area contributed by atoms with E-state index in [9.17, 15) is 8.42 Å². The quantitative estimate of drug-likeness (QED) is 0.667. The van der Waals surface area contributed by atoms with Crippen LogP contribution in [0.25, 0.3) is 0 Å². The van der Waals surface area contributed by atoms with Crippen LogP contribution in [0.2, 0.25) is 0 Å². The summed E-state index contributed by atoms with van der Waals surface area (Å²) in [7, 11) is -2.99. The van der Waals surface area contributed by atoms with E-state index in [-0.39, 0.29) is 0 Å². The molecule has 0 unspecified atom stereocenters. The Balaban J connectivity index is 2.13. The first-order chi connectivity index (χ1) is 6.47. The molecule has 2 saturated heterocycles. The van der Waals surface area contributed by atoms with Crippen LogP contribution >= 0.6 is 0 Å². The first kappa shape index (κ1) is 10.4. The molecule has 1 N–H and O–H groups in total. The number of rotatable bonds is 1. The van der Waals surface area contributed by atoms with Gasteiger partial charge < -0.3 is 5.32 Å². The largest absolute Gasteiger partial charge is 0.314 e. The van der Waals surface area contributed by atoms with Gasteiger partial charge in [0.1, 0.15) is 0 Å². The summed E-state index contributed by atoms with van der Waals surface area (Å²) in [6.07, 6.45) is 2.49. The monoisotopic (exact) mass is 218 g/mol. The van der Waals surface area contributed by atoms with Gasteiger partial charge in [0.2, 0.25) is 10.0 Å². The summed E-state index contributed by atoms with van der Waals surface area (Å²) in [6.45, 7) is 4.51. The summed E-state index contributed by atoms with van der Waals surface area (Å²) in [6, 6.07) is 0.454. The Morgan fingerprint density at radius 3 is 2.71 bits per heavy atom. The van der Waals surface area contributed by atoms with Crippen molar-refractivity contribution < 1.29 is 8.42 Å². The maximum Gasteiger partial charge on any atom is 0.211 e. The van der Waals surface area contributed by atoms with Gasteiger partial charge in [0.25, 0.3) is 0 Å². The van der Waals surface area contributed by atoms with Gasteiger partial charge in [-0.15, -0.1) is 0 Å². The lowest BCUT2D eigenvalue weighted by atomic mass is 9.82. The second kappa shape index (κ2) is 3.47. The molecular formula is C9H18N2O2S. The van der Waals surface area contributed by atoms with Gasteiger partial charge >= 0.3 is 0 Å². The molecular weight excluding hydrogens is 200 g/mol. The van der Waals surface area contributed by atoms with Crippen molar-refractivity contribution in [2.75, 3.05) is 25.9 Å². The Kier molecular flexibility index (Phi) is 2.57. The molecule has 0 aromatic rings. The van der Waals surface area contributed by atoms with Gasteiger partial charge in [-0.1, -0.05) is 0 Å². The average molecular weight is 218 g/mol. The van der Waals surface area contributed by atoms with Crippen molar-refractivity contribution in [2.45, 2.75) is 19.4 Å². The summed E-state index contributed by atoms with van der Waals surface area (Å²) < 4.78 is 24.5. The van der Waals surface area contributed by atoms with Crippen molar-refractivity contribution in [1.29, 1.82) is 0 Å². The van der Waals surface area contributed by atoms with E-state index in [1.165, 1.54) is 12.7 Å². The molecule has 4 nitrogen and oxygen atoms in total. The molecule has 0 radical (unpaired) electrons. The topological polar surface area (TPSA) is 49.4 Å². The van der Waals surface area contributed by atoms with Crippen molar-refractivity contribution in [3.63, 3.8) is 0 Å². The molecule has 82 valence electrons. The molecule has 2 bridgehead atoms. The smallest absolute Gasteiger partial charge is 0.211 e. The van der Waals surface area contributed by atoms with Gasteiger partial charge in [0.15, 0.2) is 0 Å². The van der Waals surface area contributed by atoms with Crippen LogP contribution in [0.1, 0.15) is 13.3 Å². The van der Waals surface area contributed by atoms with E-state index in [0.29, 0.717) is 31.0 Å². The second-order valence-corrected chi connectivity index (χ2v) is 6.62. The van der Waals surface area contributed by atoms with E-state index < -0.39 is 10.0 Å². The highest BCUT2D eigenvalue weighted by atomic mass is 32.2. The van der Waals surface area contributed by atoms with Gasteiger partial charge in [-0.05, 0) is 31.7 Å². The number of hydrogen-bond acceptors (Lipinski definition) is 3. The third-order valence-electron chi connectivity index (χ3n) is 3.44. The van der Waals surface area contributed by atoms with Crippen LogP contribution in [0.15, 0.2) is 0 Å². The molecule has 0 aromatic heterocycles. The summed E-state index contributed by atoms with van der Waals surface area (Å²) in [4.78, 5) is 0. The second-order valence-electron chi connectivity index (χ2n) is 4.64.